The molecule has 10 heavy (non-hydrogen) atoms. The predicted octanol–water partition coefficient (Wildman–Crippen LogP) is -1.61. The third-order valence-electron chi connectivity index (χ3n) is 1.14. The van der Waals surface area contributed by atoms with Gasteiger partial charge in [0, 0.05) is 7.05 Å². The molecule has 0 aliphatic rings. The average molecular weight is 144 g/mol. The molecule has 0 spiro atoms. The lowest BCUT2D eigenvalue weighted by Gasteiger charge is -2.07. The number of amides is 1. The first-order valence-corrected chi connectivity index (χ1v) is 2.78. The second kappa shape index (κ2) is 3.73. The lowest BCUT2D eigenvalue weighted by molar-refractivity contribution is -0.114. The summed E-state index contributed by atoms with van der Waals surface area (Å²) >= 11 is 0. The molecule has 0 bridgehead atoms. The molecule has 0 saturated carbocycles. The number of carbonyl (C=O) groups excluding carboxylic acids is 1. The summed E-state index contributed by atoms with van der Waals surface area (Å²) in [6.45, 7) is 1.58. The van der Waals surface area contributed by atoms with Crippen LogP contribution in [-0.4, -0.2) is 13.0 Å². The number of rotatable bonds is 3. The fourth-order valence-corrected chi connectivity index (χ4v) is 0.491. The largest absolute Gasteiger partial charge is 0.374 e. The van der Waals surface area contributed by atoms with Crippen LogP contribution in [0.4, 0.5) is 0 Å². The van der Waals surface area contributed by atoms with Crippen LogP contribution >= 0.6 is 0 Å². The van der Waals surface area contributed by atoms with E-state index in [0.717, 1.165) is 0 Å². The number of carbonyl (C=O) groups is 1. The Morgan fingerprint density at radius 2 is 2.00 bits per heavy atom. The zero-order valence-corrected chi connectivity index (χ0v) is 6.06. The van der Waals surface area contributed by atoms with E-state index < -0.39 is 5.91 Å². The third-order valence-corrected chi connectivity index (χ3v) is 1.14. The van der Waals surface area contributed by atoms with Crippen molar-refractivity contribution < 1.29 is 4.79 Å². The minimum atomic E-state index is -0.498. The van der Waals surface area contributed by atoms with Crippen LogP contribution in [-0.2, 0) is 4.79 Å². The predicted molar refractivity (Wildman–Crippen MR) is 38.3 cm³/mol. The van der Waals surface area contributed by atoms with Crippen LogP contribution in [0, 0.1) is 0 Å². The van der Waals surface area contributed by atoms with Crippen molar-refractivity contribution >= 4 is 5.91 Å². The van der Waals surface area contributed by atoms with Gasteiger partial charge in [0.25, 0.3) is 0 Å². The van der Waals surface area contributed by atoms with E-state index in [-0.39, 0.29) is 0 Å². The summed E-state index contributed by atoms with van der Waals surface area (Å²) in [6.07, 6.45) is 0. The number of nitrogens with two attached hydrogens (primary N) is 2. The average Bonchev–Trinajstić information content (AvgIpc) is 1.90. The molecule has 5 nitrogen and oxygen atoms in total. The van der Waals surface area contributed by atoms with E-state index in [9.17, 15) is 4.79 Å². The molecule has 0 heterocycles. The first-order valence-electron chi connectivity index (χ1n) is 2.78. The molecule has 0 aliphatic carbocycles. The van der Waals surface area contributed by atoms with Gasteiger partial charge in [-0.15, -0.1) is 0 Å². The Bertz CT molecular complexity index is 157. The van der Waals surface area contributed by atoms with E-state index in [4.69, 9.17) is 11.6 Å². The Labute approximate surface area is 59.4 Å². The fourth-order valence-electron chi connectivity index (χ4n) is 0.491. The van der Waals surface area contributed by atoms with Crippen LogP contribution in [0.15, 0.2) is 11.4 Å². The number of nitrogens with one attached hydrogen (secondary N) is 2. The van der Waals surface area contributed by atoms with Crippen molar-refractivity contribution in [2.75, 3.05) is 7.05 Å². The lowest BCUT2D eigenvalue weighted by atomic mass is 10.3. The highest BCUT2D eigenvalue weighted by Crippen LogP contribution is 1.92. The van der Waals surface area contributed by atoms with Crippen LogP contribution in [0.5, 0.6) is 0 Å². The van der Waals surface area contributed by atoms with Gasteiger partial charge < -0.3 is 16.5 Å². The van der Waals surface area contributed by atoms with E-state index in [2.05, 4.69) is 10.7 Å². The maximum absolute atomic E-state index is 10.5. The normalized spacial score (nSPS) is 11.9. The van der Waals surface area contributed by atoms with E-state index >= 15 is 0 Å². The summed E-state index contributed by atoms with van der Waals surface area (Å²) in [7, 11) is 1.64. The van der Waals surface area contributed by atoms with Gasteiger partial charge in [-0.05, 0) is 6.92 Å². The molecule has 0 aromatic heterocycles. The van der Waals surface area contributed by atoms with Gasteiger partial charge in [0.05, 0.1) is 5.57 Å². The molecule has 0 atom stereocenters. The van der Waals surface area contributed by atoms with Crippen molar-refractivity contribution in [3.8, 4) is 0 Å². The molecule has 0 aromatic rings. The van der Waals surface area contributed by atoms with Gasteiger partial charge >= 0.3 is 0 Å². The topological polar surface area (TPSA) is 93.2 Å². The maximum atomic E-state index is 10.5. The molecular formula is C5H12N4O. The lowest BCUT2D eigenvalue weighted by Crippen LogP contribution is -2.33. The van der Waals surface area contributed by atoms with Crippen LogP contribution in [0.2, 0.25) is 0 Å². The van der Waals surface area contributed by atoms with Crippen molar-refractivity contribution in [3.63, 3.8) is 0 Å². The monoisotopic (exact) mass is 144 g/mol. The summed E-state index contributed by atoms with van der Waals surface area (Å²) in [4.78, 5) is 10.5. The second-order valence-corrected chi connectivity index (χ2v) is 1.76. The molecule has 0 radical (unpaired) electrons. The fraction of sp³-hybridized carbons (Fsp3) is 0.400. The molecule has 0 aliphatic heterocycles. The first-order chi connectivity index (χ1) is 4.63. The third kappa shape index (κ3) is 1.94. The zero-order valence-electron chi connectivity index (χ0n) is 6.06. The maximum Gasteiger partial charge on any atom is 0.248 e. The van der Waals surface area contributed by atoms with Crippen LogP contribution in [0.25, 0.3) is 0 Å². The second-order valence-electron chi connectivity index (χ2n) is 1.76. The van der Waals surface area contributed by atoms with Crippen LogP contribution < -0.4 is 22.3 Å². The SMILES string of the molecule is CN/C(NN)=C(\C)C(N)=O. The van der Waals surface area contributed by atoms with Crippen LogP contribution in [0.3, 0.4) is 0 Å². The molecule has 5 heteroatoms. The summed E-state index contributed by atoms with van der Waals surface area (Å²) in [5.74, 6) is 4.98. The Morgan fingerprint density at radius 1 is 1.50 bits per heavy atom. The summed E-state index contributed by atoms with van der Waals surface area (Å²) in [5.41, 5.74) is 7.64. The molecule has 0 rings (SSSR count). The highest BCUT2D eigenvalue weighted by Gasteiger charge is 2.02. The molecule has 58 valence electrons. The van der Waals surface area contributed by atoms with Gasteiger partial charge in [-0.1, -0.05) is 0 Å². The van der Waals surface area contributed by atoms with Gasteiger partial charge in [0.1, 0.15) is 5.82 Å². The quantitative estimate of drug-likeness (QED) is 0.218. The molecule has 1 amide bonds. The van der Waals surface area contributed by atoms with Crippen molar-refractivity contribution in [1.29, 1.82) is 0 Å². The minimum Gasteiger partial charge on any atom is -0.374 e. The summed E-state index contributed by atoms with van der Waals surface area (Å²) in [5, 5.41) is 2.68. The van der Waals surface area contributed by atoms with Crippen LogP contribution in [0.1, 0.15) is 6.92 Å². The Hall–Kier alpha value is -1.23. The van der Waals surface area contributed by atoms with Gasteiger partial charge in [-0.3, -0.25) is 4.79 Å². The van der Waals surface area contributed by atoms with Gasteiger partial charge in [0.2, 0.25) is 5.91 Å². The van der Waals surface area contributed by atoms with E-state index in [1.165, 1.54) is 0 Å². The molecule has 0 fully saturated rings. The number of hydrazine groups is 1. The molecule has 0 aromatic carbocycles. The van der Waals surface area contributed by atoms with E-state index in [1.807, 2.05) is 0 Å². The highest BCUT2D eigenvalue weighted by molar-refractivity contribution is 5.91. The molecule has 0 saturated heterocycles. The standard InChI is InChI=1S/C5H12N4O/c1-3(4(6)10)5(8-2)9-7/h8-9H,7H2,1-2H3,(H2,6,10)/b5-3-. The smallest absolute Gasteiger partial charge is 0.248 e. The Balaban J connectivity index is 4.43. The minimum absolute atomic E-state index is 0.380. The number of primary amides is 1. The van der Waals surface area contributed by atoms with E-state index in [0.29, 0.717) is 11.4 Å². The Morgan fingerprint density at radius 3 is 2.10 bits per heavy atom. The van der Waals surface area contributed by atoms with Crippen molar-refractivity contribution in [2.24, 2.45) is 11.6 Å². The first kappa shape index (κ1) is 8.77. The molecule has 6 N–H and O–H groups in total. The van der Waals surface area contributed by atoms with Crippen molar-refractivity contribution in [2.45, 2.75) is 6.92 Å². The van der Waals surface area contributed by atoms with Gasteiger partial charge in [0.15, 0.2) is 0 Å². The molecular weight excluding hydrogens is 132 g/mol. The van der Waals surface area contributed by atoms with Gasteiger partial charge in [-0.2, -0.15) is 0 Å². The Kier molecular flexibility index (Phi) is 3.27. The van der Waals surface area contributed by atoms with Crippen molar-refractivity contribution in [3.05, 3.63) is 11.4 Å². The number of hydrogen-bond donors (Lipinski definition) is 4. The zero-order chi connectivity index (χ0) is 8.15. The summed E-state index contributed by atoms with van der Waals surface area (Å²) in [6, 6.07) is 0. The van der Waals surface area contributed by atoms with E-state index in [1.54, 1.807) is 14.0 Å². The number of hydrogen-bond acceptors (Lipinski definition) is 4. The molecule has 0 unspecified atom stereocenters. The summed E-state index contributed by atoms with van der Waals surface area (Å²) < 4.78 is 0. The van der Waals surface area contributed by atoms with Gasteiger partial charge in [-0.25, -0.2) is 5.84 Å². The van der Waals surface area contributed by atoms with Crippen molar-refractivity contribution in [1.82, 2.24) is 10.7 Å². The highest BCUT2D eigenvalue weighted by atomic mass is 16.1.